The van der Waals surface area contributed by atoms with Gasteiger partial charge in [-0.3, -0.25) is 9.59 Å². The zero-order valence-corrected chi connectivity index (χ0v) is 21.0. The summed E-state index contributed by atoms with van der Waals surface area (Å²) >= 11 is 3.47. The summed E-state index contributed by atoms with van der Waals surface area (Å²) in [5.74, 6) is -0.204. The molecule has 172 valence electrons. The summed E-state index contributed by atoms with van der Waals surface area (Å²) in [5, 5.41) is 3.02. The van der Waals surface area contributed by atoms with Crippen molar-refractivity contribution in [2.45, 2.75) is 52.2 Å². The van der Waals surface area contributed by atoms with Gasteiger partial charge in [0, 0.05) is 23.5 Å². The van der Waals surface area contributed by atoms with Gasteiger partial charge in [0.1, 0.15) is 6.04 Å². The van der Waals surface area contributed by atoms with Gasteiger partial charge < -0.3 is 10.2 Å². The molecule has 3 aromatic rings. The SMILES string of the molecule is Cc1ccc(CC(=O)N(Cc2ccc(Br)cc2)C(Cc2ccccc2)C(=O)NC(C)C)cc1. The zero-order chi connectivity index (χ0) is 23.8. The predicted molar refractivity (Wildman–Crippen MR) is 137 cm³/mol. The Morgan fingerprint density at radius 3 is 2.06 bits per heavy atom. The van der Waals surface area contributed by atoms with Crippen LogP contribution in [0.3, 0.4) is 0 Å². The van der Waals surface area contributed by atoms with Crippen LogP contribution in [0.4, 0.5) is 0 Å². The van der Waals surface area contributed by atoms with Gasteiger partial charge in [-0.25, -0.2) is 0 Å². The van der Waals surface area contributed by atoms with Crippen LogP contribution in [0, 0.1) is 6.92 Å². The van der Waals surface area contributed by atoms with Crippen molar-refractivity contribution in [3.63, 3.8) is 0 Å². The van der Waals surface area contributed by atoms with E-state index in [-0.39, 0.29) is 24.3 Å². The molecule has 1 atom stereocenters. The molecular weight excluding hydrogens is 476 g/mol. The van der Waals surface area contributed by atoms with Crippen molar-refractivity contribution in [3.8, 4) is 0 Å². The van der Waals surface area contributed by atoms with Gasteiger partial charge >= 0.3 is 0 Å². The lowest BCUT2D eigenvalue weighted by molar-refractivity contribution is -0.141. The zero-order valence-electron chi connectivity index (χ0n) is 19.4. The molecule has 0 saturated carbocycles. The molecule has 0 saturated heterocycles. The van der Waals surface area contributed by atoms with Crippen molar-refractivity contribution in [1.82, 2.24) is 10.2 Å². The first-order valence-electron chi connectivity index (χ1n) is 11.3. The van der Waals surface area contributed by atoms with Crippen LogP contribution in [0.15, 0.2) is 83.3 Å². The number of carbonyl (C=O) groups excluding carboxylic acids is 2. The molecule has 1 N–H and O–H groups in total. The molecule has 0 aliphatic carbocycles. The molecule has 3 rings (SSSR count). The average molecular weight is 507 g/mol. The van der Waals surface area contributed by atoms with E-state index < -0.39 is 6.04 Å². The molecular formula is C28H31BrN2O2. The molecule has 0 bridgehead atoms. The van der Waals surface area contributed by atoms with Crippen LogP contribution in [0.2, 0.25) is 0 Å². The molecule has 0 fully saturated rings. The lowest BCUT2D eigenvalue weighted by atomic mass is 10.0. The molecule has 4 nitrogen and oxygen atoms in total. The molecule has 0 aromatic heterocycles. The number of hydrogen-bond acceptors (Lipinski definition) is 2. The first kappa shape index (κ1) is 24.7. The van der Waals surface area contributed by atoms with Crippen molar-refractivity contribution in [1.29, 1.82) is 0 Å². The maximum Gasteiger partial charge on any atom is 0.243 e. The summed E-state index contributed by atoms with van der Waals surface area (Å²) in [5.41, 5.74) is 4.08. The second kappa shape index (κ2) is 11.8. The first-order valence-corrected chi connectivity index (χ1v) is 12.0. The van der Waals surface area contributed by atoms with Gasteiger partial charge in [0.15, 0.2) is 0 Å². The van der Waals surface area contributed by atoms with Gasteiger partial charge in [-0.05, 0) is 49.6 Å². The third kappa shape index (κ3) is 7.57. The first-order chi connectivity index (χ1) is 15.8. The fraction of sp³-hybridized carbons (Fsp3) is 0.286. The van der Waals surface area contributed by atoms with Gasteiger partial charge in [-0.1, -0.05) is 88.2 Å². The summed E-state index contributed by atoms with van der Waals surface area (Å²) in [6, 6.07) is 25.1. The van der Waals surface area contributed by atoms with E-state index in [1.54, 1.807) is 4.90 Å². The molecule has 0 spiro atoms. The summed E-state index contributed by atoms with van der Waals surface area (Å²) < 4.78 is 0.974. The van der Waals surface area contributed by atoms with E-state index in [2.05, 4.69) is 21.2 Å². The van der Waals surface area contributed by atoms with E-state index in [0.717, 1.165) is 26.7 Å². The maximum atomic E-state index is 13.6. The highest BCUT2D eigenvalue weighted by atomic mass is 79.9. The van der Waals surface area contributed by atoms with Crippen LogP contribution in [-0.2, 0) is 29.0 Å². The van der Waals surface area contributed by atoms with Gasteiger partial charge in [0.05, 0.1) is 6.42 Å². The highest BCUT2D eigenvalue weighted by Gasteiger charge is 2.30. The minimum Gasteiger partial charge on any atom is -0.352 e. The minimum atomic E-state index is -0.614. The number of amides is 2. The predicted octanol–water partition coefficient (Wildman–Crippen LogP) is 5.46. The minimum absolute atomic E-state index is 0.0162. The fourth-order valence-corrected chi connectivity index (χ4v) is 3.97. The van der Waals surface area contributed by atoms with Crippen molar-refractivity contribution in [2.24, 2.45) is 0 Å². The molecule has 3 aromatic carbocycles. The van der Waals surface area contributed by atoms with E-state index >= 15 is 0 Å². The molecule has 1 unspecified atom stereocenters. The van der Waals surface area contributed by atoms with Gasteiger partial charge in [0.2, 0.25) is 11.8 Å². The number of hydrogen-bond donors (Lipinski definition) is 1. The van der Waals surface area contributed by atoms with Crippen LogP contribution >= 0.6 is 15.9 Å². The maximum absolute atomic E-state index is 13.6. The number of benzene rings is 3. The number of nitrogens with one attached hydrogen (secondary N) is 1. The molecule has 0 heterocycles. The number of aryl methyl sites for hydroxylation is 1. The summed E-state index contributed by atoms with van der Waals surface area (Å²) in [4.78, 5) is 28.7. The van der Waals surface area contributed by atoms with Crippen LogP contribution in [-0.4, -0.2) is 28.8 Å². The molecule has 0 aliphatic rings. The highest BCUT2D eigenvalue weighted by Crippen LogP contribution is 2.18. The number of carbonyl (C=O) groups is 2. The number of rotatable bonds is 9. The smallest absolute Gasteiger partial charge is 0.243 e. The monoisotopic (exact) mass is 506 g/mol. The topological polar surface area (TPSA) is 49.4 Å². The highest BCUT2D eigenvalue weighted by molar-refractivity contribution is 9.10. The van der Waals surface area contributed by atoms with Crippen LogP contribution < -0.4 is 5.32 Å². The van der Waals surface area contributed by atoms with E-state index in [9.17, 15) is 9.59 Å². The van der Waals surface area contributed by atoms with Gasteiger partial charge in [0.25, 0.3) is 0 Å². The molecule has 33 heavy (non-hydrogen) atoms. The Bertz CT molecular complexity index is 1050. The molecule has 0 radical (unpaired) electrons. The van der Waals surface area contributed by atoms with Crippen molar-refractivity contribution < 1.29 is 9.59 Å². The Morgan fingerprint density at radius 1 is 0.848 bits per heavy atom. The fourth-order valence-electron chi connectivity index (χ4n) is 3.70. The number of halogens is 1. The average Bonchev–Trinajstić information content (AvgIpc) is 2.79. The van der Waals surface area contributed by atoms with E-state index in [4.69, 9.17) is 0 Å². The van der Waals surface area contributed by atoms with Crippen molar-refractivity contribution in [3.05, 3.63) is 106 Å². The van der Waals surface area contributed by atoms with Crippen LogP contribution in [0.5, 0.6) is 0 Å². The summed E-state index contributed by atoms with van der Waals surface area (Å²) in [6.45, 7) is 6.26. The quantitative estimate of drug-likeness (QED) is 0.418. The van der Waals surface area contributed by atoms with Crippen LogP contribution in [0.25, 0.3) is 0 Å². The summed E-state index contributed by atoms with van der Waals surface area (Å²) in [7, 11) is 0. The van der Waals surface area contributed by atoms with E-state index in [1.165, 1.54) is 0 Å². The Kier molecular flexibility index (Phi) is 8.84. The second-order valence-electron chi connectivity index (χ2n) is 8.68. The lowest BCUT2D eigenvalue weighted by Gasteiger charge is -2.32. The Labute approximate surface area is 205 Å². The standard InChI is InChI=1S/C28H31BrN2O2/c1-20(2)30-28(33)26(17-22-7-5-4-6-8-22)31(19-24-13-15-25(29)16-14-24)27(32)18-23-11-9-21(3)10-12-23/h4-16,20,26H,17-19H2,1-3H3,(H,30,33). The Balaban J connectivity index is 1.95. The largest absolute Gasteiger partial charge is 0.352 e. The summed E-state index contributed by atoms with van der Waals surface area (Å²) in [6.07, 6.45) is 0.701. The Morgan fingerprint density at radius 2 is 1.45 bits per heavy atom. The van der Waals surface area contributed by atoms with E-state index in [1.807, 2.05) is 99.6 Å². The molecule has 0 aliphatic heterocycles. The van der Waals surface area contributed by atoms with Crippen molar-refractivity contribution >= 4 is 27.7 Å². The molecule has 2 amide bonds. The molecule has 5 heteroatoms. The van der Waals surface area contributed by atoms with Gasteiger partial charge in [-0.2, -0.15) is 0 Å². The third-order valence-corrected chi connectivity index (χ3v) is 5.97. The van der Waals surface area contributed by atoms with Gasteiger partial charge in [-0.15, -0.1) is 0 Å². The lowest BCUT2D eigenvalue weighted by Crippen LogP contribution is -2.52. The van der Waals surface area contributed by atoms with Crippen LogP contribution in [0.1, 0.15) is 36.1 Å². The second-order valence-corrected chi connectivity index (χ2v) is 9.59. The third-order valence-electron chi connectivity index (χ3n) is 5.44. The van der Waals surface area contributed by atoms with E-state index in [0.29, 0.717) is 13.0 Å². The normalized spacial score (nSPS) is 11.8. The van der Waals surface area contributed by atoms with Crippen molar-refractivity contribution in [2.75, 3.05) is 0 Å². The Hall–Kier alpha value is -2.92. The number of nitrogens with zero attached hydrogens (tertiary/aromatic N) is 1.